The predicted octanol–water partition coefficient (Wildman–Crippen LogP) is 4.11. The van der Waals surface area contributed by atoms with Crippen LogP contribution in [0.3, 0.4) is 0 Å². The summed E-state index contributed by atoms with van der Waals surface area (Å²) in [6.45, 7) is 3.51. The molecule has 6 heteroatoms. The molecule has 3 aromatic rings. The Labute approximate surface area is 158 Å². The van der Waals surface area contributed by atoms with E-state index in [1.165, 1.54) is 6.07 Å². The van der Waals surface area contributed by atoms with Crippen LogP contribution in [-0.4, -0.2) is 12.0 Å². The van der Waals surface area contributed by atoms with Crippen LogP contribution in [0.4, 0.5) is 5.69 Å². The van der Waals surface area contributed by atoms with Gasteiger partial charge in [-0.3, -0.25) is 4.79 Å². The van der Waals surface area contributed by atoms with Crippen molar-refractivity contribution >= 4 is 45.2 Å². The molecule has 0 fully saturated rings. The average Bonchev–Trinajstić information content (AvgIpc) is 2.56. The first kappa shape index (κ1) is 17.5. The van der Waals surface area contributed by atoms with E-state index in [-0.39, 0.29) is 5.91 Å². The number of anilines is 1. The second kappa shape index (κ2) is 7.26. The Morgan fingerprint density at radius 3 is 2.60 bits per heavy atom. The van der Waals surface area contributed by atoms with Crippen molar-refractivity contribution in [1.29, 1.82) is 0 Å². The minimum absolute atomic E-state index is 0.257. The summed E-state index contributed by atoms with van der Waals surface area (Å²) in [5, 5.41) is 3.64. The van der Waals surface area contributed by atoms with Crippen LogP contribution in [0, 0.1) is 10.5 Å². The fourth-order valence-electron chi connectivity index (χ4n) is 2.41. The van der Waals surface area contributed by atoms with Crippen molar-refractivity contribution in [3.63, 3.8) is 0 Å². The molecule has 1 aromatic heterocycles. The minimum Gasteiger partial charge on any atom is -0.481 e. The molecular weight excluding hydrogens is 433 g/mol. The maximum atomic E-state index is 12.3. The standard InChI is InChI=1S/C19H16INO4/c1-11-9-18(22)25-17-10-15(7-8-16(11)17)24-12(2)19(23)21-14-5-3-13(20)4-6-14/h3-10,12H,1-2H3,(H,21,23). The summed E-state index contributed by atoms with van der Waals surface area (Å²) in [5.41, 5.74) is 1.57. The lowest BCUT2D eigenvalue weighted by Crippen LogP contribution is -2.30. The van der Waals surface area contributed by atoms with Gasteiger partial charge in [0.1, 0.15) is 11.3 Å². The van der Waals surface area contributed by atoms with Crippen LogP contribution in [-0.2, 0) is 4.79 Å². The van der Waals surface area contributed by atoms with E-state index in [1.807, 2.05) is 37.3 Å². The number of ether oxygens (including phenoxy) is 1. The molecule has 0 aliphatic carbocycles. The molecule has 1 unspecified atom stereocenters. The van der Waals surface area contributed by atoms with Crippen molar-refractivity contribution in [1.82, 2.24) is 0 Å². The van der Waals surface area contributed by atoms with Gasteiger partial charge in [0.05, 0.1) is 0 Å². The number of aryl methyl sites for hydroxylation is 1. The summed E-state index contributed by atoms with van der Waals surface area (Å²) < 4.78 is 12.0. The van der Waals surface area contributed by atoms with Crippen LogP contribution >= 0.6 is 22.6 Å². The summed E-state index contributed by atoms with van der Waals surface area (Å²) >= 11 is 2.20. The van der Waals surface area contributed by atoms with E-state index in [0.717, 1.165) is 14.5 Å². The van der Waals surface area contributed by atoms with Crippen molar-refractivity contribution in [3.8, 4) is 5.75 Å². The number of amides is 1. The first-order valence-corrected chi connectivity index (χ1v) is 8.78. The molecule has 0 saturated carbocycles. The quantitative estimate of drug-likeness (QED) is 0.481. The van der Waals surface area contributed by atoms with E-state index in [1.54, 1.807) is 19.1 Å². The van der Waals surface area contributed by atoms with Gasteiger partial charge in [0.25, 0.3) is 5.91 Å². The Balaban J connectivity index is 1.74. The summed E-state index contributed by atoms with van der Waals surface area (Å²) in [6, 6.07) is 14.1. The Morgan fingerprint density at radius 2 is 1.88 bits per heavy atom. The number of hydrogen-bond acceptors (Lipinski definition) is 4. The highest BCUT2D eigenvalue weighted by Crippen LogP contribution is 2.23. The Hall–Kier alpha value is -2.35. The van der Waals surface area contributed by atoms with Gasteiger partial charge in [-0.1, -0.05) is 0 Å². The molecule has 1 atom stereocenters. The van der Waals surface area contributed by atoms with Crippen molar-refractivity contribution in [2.24, 2.45) is 0 Å². The number of rotatable bonds is 4. The van der Waals surface area contributed by atoms with Crippen molar-refractivity contribution < 1.29 is 13.9 Å². The molecule has 0 spiro atoms. The van der Waals surface area contributed by atoms with Gasteiger partial charge in [-0.15, -0.1) is 0 Å². The number of halogens is 1. The molecular formula is C19H16INO4. The van der Waals surface area contributed by atoms with Crippen molar-refractivity contribution in [2.45, 2.75) is 20.0 Å². The smallest absolute Gasteiger partial charge is 0.336 e. The SMILES string of the molecule is Cc1cc(=O)oc2cc(OC(C)C(=O)Nc3ccc(I)cc3)ccc12. The Bertz CT molecular complexity index is 979. The number of fused-ring (bicyclic) bond motifs is 1. The molecule has 1 heterocycles. The van der Waals surface area contributed by atoms with Gasteiger partial charge in [0.2, 0.25) is 0 Å². The number of carbonyl (C=O) groups is 1. The zero-order valence-corrected chi connectivity index (χ0v) is 15.9. The maximum absolute atomic E-state index is 12.3. The van der Waals surface area contributed by atoms with E-state index < -0.39 is 11.7 Å². The van der Waals surface area contributed by atoms with Gasteiger partial charge < -0.3 is 14.5 Å². The van der Waals surface area contributed by atoms with Crippen LogP contribution in [0.1, 0.15) is 12.5 Å². The molecule has 0 aliphatic heterocycles. The topological polar surface area (TPSA) is 68.5 Å². The molecule has 0 aliphatic rings. The summed E-state index contributed by atoms with van der Waals surface area (Å²) in [4.78, 5) is 23.8. The third-order valence-electron chi connectivity index (χ3n) is 3.72. The number of carbonyl (C=O) groups excluding carboxylic acids is 1. The fourth-order valence-corrected chi connectivity index (χ4v) is 2.77. The van der Waals surface area contributed by atoms with Gasteiger partial charge in [-0.05, 0) is 78.4 Å². The first-order valence-electron chi connectivity index (χ1n) is 7.70. The normalized spacial score (nSPS) is 12.0. The van der Waals surface area contributed by atoms with E-state index in [4.69, 9.17) is 9.15 Å². The van der Waals surface area contributed by atoms with Gasteiger partial charge in [-0.2, -0.15) is 0 Å². The largest absolute Gasteiger partial charge is 0.481 e. The lowest BCUT2D eigenvalue weighted by Gasteiger charge is -2.15. The predicted molar refractivity (Wildman–Crippen MR) is 105 cm³/mol. The third-order valence-corrected chi connectivity index (χ3v) is 4.44. The molecule has 2 aromatic carbocycles. The molecule has 0 bridgehead atoms. The number of benzene rings is 2. The average molecular weight is 449 g/mol. The van der Waals surface area contributed by atoms with E-state index in [2.05, 4.69) is 27.9 Å². The lowest BCUT2D eigenvalue weighted by molar-refractivity contribution is -0.122. The van der Waals surface area contributed by atoms with Gasteiger partial charge in [0, 0.05) is 26.8 Å². The minimum atomic E-state index is -0.701. The molecule has 25 heavy (non-hydrogen) atoms. The van der Waals surface area contributed by atoms with E-state index in [0.29, 0.717) is 17.0 Å². The van der Waals surface area contributed by atoms with Gasteiger partial charge in [0.15, 0.2) is 6.10 Å². The third kappa shape index (κ3) is 4.19. The van der Waals surface area contributed by atoms with Crippen molar-refractivity contribution in [3.05, 3.63) is 68.1 Å². The molecule has 0 radical (unpaired) electrons. The molecule has 3 rings (SSSR count). The molecule has 0 saturated heterocycles. The zero-order valence-electron chi connectivity index (χ0n) is 13.7. The van der Waals surface area contributed by atoms with E-state index in [9.17, 15) is 9.59 Å². The second-order valence-corrected chi connectivity index (χ2v) is 6.91. The van der Waals surface area contributed by atoms with Gasteiger partial charge >= 0.3 is 5.63 Å². The summed E-state index contributed by atoms with van der Waals surface area (Å²) in [6.07, 6.45) is -0.701. The van der Waals surface area contributed by atoms with E-state index >= 15 is 0 Å². The van der Waals surface area contributed by atoms with Crippen LogP contribution in [0.5, 0.6) is 5.75 Å². The highest BCUT2D eigenvalue weighted by atomic mass is 127. The highest BCUT2D eigenvalue weighted by molar-refractivity contribution is 14.1. The van der Waals surface area contributed by atoms with Crippen LogP contribution in [0.15, 0.2) is 57.7 Å². The van der Waals surface area contributed by atoms with Crippen LogP contribution < -0.4 is 15.7 Å². The summed E-state index contributed by atoms with van der Waals surface area (Å²) in [5.74, 6) is 0.207. The van der Waals surface area contributed by atoms with Crippen LogP contribution in [0.25, 0.3) is 11.0 Å². The Kier molecular flexibility index (Phi) is 5.08. The first-order chi connectivity index (χ1) is 11.9. The molecule has 128 valence electrons. The second-order valence-electron chi connectivity index (χ2n) is 5.66. The fraction of sp³-hybridized carbons (Fsp3) is 0.158. The maximum Gasteiger partial charge on any atom is 0.336 e. The Morgan fingerprint density at radius 1 is 1.16 bits per heavy atom. The number of nitrogens with one attached hydrogen (secondary N) is 1. The molecule has 5 nitrogen and oxygen atoms in total. The van der Waals surface area contributed by atoms with Gasteiger partial charge in [-0.25, -0.2) is 4.79 Å². The molecule has 1 amide bonds. The molecule has 1 N–H and O–H groups in total. The number of hydrogen-bond donors (Lipinski definition) is 1. The van der Waals surface area contributed by atoms with Crippen LogP contribution in [0.2, 0.25) is 0 Å². The summed E-state index contributed by atoms with van der Waals surface area (Å²) in [7, 11) is 0. The lowest BCUT2D eigenvalue weighted by atomic mass is 10.1. The van der Waals surface area contributed by atoms with Crippen molar-refractivity contribution in [2.75, 3.05) is 5.32 Å². The zero-order chi connectivity index (χ0) is 18.0. The monoisotopic (exact) mass is 449 g/mol. The highest BCUT2D eigenvalue weighted by Gasteiger charge is 2.15.